The molecule has 0 radical (unpaired) electrons. The summed E-state index contributed by atoms with van der Waals surface area (Å²) in [6.07, 6.45) is -1.08. The molecule has 0 aliphatic carbocycles. The van der Waals surface area contributed by atoms with Crippen molar-refractivity contribution in [2.75, 3.05) is 40.0 Å². The maximum Gasteiger partial charge on any atom is 0.142 e. The predicted octanol–water partition coefficient (Wildman–Crippen LogP) is 3.95. The normalized spacial score (nSPS) is 18.7. The standard InChI is InChI=1S/C20H22Cl2FNO4/c1-26-14-3-2-4-15(7-14)28-12-13(25)10-24-5-6-27-20(11-24)16-8-19(23)18(22)9-17(16)21/h2-4,7-9,13,20,25H,5-6,10-12H2,1H3. The van der Waals surface area contributed by atoms with Crippen molar-refractivity contribution in [1.29, 1.82) is 0 Å². The van der Waals surface area contributed by atoms with Gasteiger partial charge in [0.2, 0.25) is 0 Å². The highest BCUT2D eigenvalue weighted by Crippen LogP contribution is 2.32. The Morgan fingerprint density at radius 1 is 1.25 bits per heavy atom. The molecule has 1 aliphatic rings. The van der Waals surface area contributed by atoms with Crippen LogP contribution in [0.3, 0.4) is 0 Å². The van der Waals surface area contributed by atoms with Crippen molar-refractivity contribution in [3.8, 4) is 11.5 Å². The number of hydrogen-bond acceptors (Lipinski definition) is 5. The molecule has 1 aliphatic heterocycles. The smallest absolute Gasteiger partial charge is 0.142 e. The number of benzene rings is 2. The number of rotatable bonds is 7. The summed E-state index contributed by atoms with van der Waals surface area (Å²) in [4.78, 5) is 2.04. The van der Waals surface area contributed by atoms with Crippen LogP contribution in [0.15, 0.2) is 36.4 Å². The molecular formula is C20H22Cl2FNO4. The number of methoxy groups -OCH3 is 1. The zero-order chi connectivity index (χ0) is 20.1. The Bertz CT molecular complexity index is 808. The summed E-state index contributed by atoms with van der Waals surface area (Å²) in [5, 5.41) is 10.7. The van der Waals surface area contributed by atoms with Crippen molar-refractivity contribution in [3.63, 3.8) is 0 Å². The number of halogens is 3. The van der Waals surface area contributed by atoms with Gasteiger partial charge in [0.15, 0.2) is 0 Å². The highest BCUT2D eigenvalue weighted by molar-refractivity contribution is 6.35. The minimum Gasteiger partial charge on any atom is -0.497 e. The van der Waals surface area contributed by atoms with Crippen LogP contribution in [0.4, 0.5) is 4.39 Å². The summed E-state index contributed by atoms with van der Waals surface area (Å²) in [6.45, 7) is 2.13. The third kappa shape index (κ3) is 5.49. The Morgan fingerprint density at radius 2 is 2.04 bits per heavy atom. The van der Waals surface area contributed by atoms with E-state index in [-0.39, 0.29) is 17.7 Å². The second-order valence-corrected chi connectivity index (χ2v) is 7.37. The number of morpholine rings is 1. The zero-order valence-electron chi connectivity index (χ0n) is 15.4. The van der Waals surface area contributed by atoms with E-state index >= 15 is 0 Å². The van der Waals surface area contributed by atoms with Gasteiger partial charge in [-0.3, -0.25) is 4.90 Å². The molecule has 5 nitrogen and oxygen atoms in total. The lowest BCUT2D eigenvalue weighted by Crippen LogP contribution is -2.43. The summed E-state index contributed by atoms with van der Waals surface area (Å²) in [7, 11) is 1.58. The van der Waals surface area contributed by atoms with Gasteiger partial charge in [-0.15, -0.1) is 0 Å². The van der Waals surface area contributed by atoms with Gasteiger partial charge in [0.1, 0.15) is 30.0 Å². The van der Waals surface area contributed by atoms with Gasteiger partial charge >= 0.3 is 0 Å². The third-order valence-corrected chi connectivity index (χ3v) is 5.11. The first-order valence-electron chi connectivity index (χ1n) is 8.89. The Kier molecular flexibility index (Phi) is 7.37. The van der Waals surface area contributed by atoms with E-state index in [2.05, 4.69) is 0 Å². The molecule has 0 amide bonds. The zero-order valence-corrected chi connectivity index (χ0v) is 16.9. The van der Waals surface area contributed by atoms with Crippen molar-refractivity contribution in [3.05, 3.63) is 57.8 Å². The van der Waals surface area contributed by atoms with E-state index < -0.39 is 11.9 Å². The number of nitrogens with zero attached hydrogens (tertiary/aromatic N) is 1. The maximum absolute atomic E-state index is 13.8. The van der Waals surface area contributed by atoms with E-state index in [4.69, 9.17) is 37.4 Å². The van der Waals surface area contributed by atoms with Crippen LogP contribution >= 0.6 is 23.2 Å². The molecule has 8 heteroatoms. The van der Waals surface area contributed by atoms with Crippen molar-refractivity contribution in [1.82, 2.24) is 4.90 Å². The van der Waals surface area contributed by atoms with Crippen LogP contribution in [0, 0.1) is 5.82 Å². The first-order chi connectivity index (χ1) is 13.5. The average Bonchev–Trinajstić information content (AvgIpc) is 2.69. The Morgan fingerprint density at radius 3 is 2.82 bits per heavy atom. The Labute approximate surface area is 173 Å². The molecule has 2 atom stereocenters. The van der Waals surface area contributed by atoms with E-state index in [1.54, 1.807) is 19.2 Å². The predicted molar refractivity (Wildman–Crippen MR) is 106 cm³/mol. The van der Waals surface area contributed by atoms with Crippen molar-refractivity contribution in [2.24, 2.45) is 0 Å². The Hall–Kier alpha value is -1.57. The van der Waals surface area contributed by atoms with Gasteiger partial charge in [-0.05, 0) is 24.3 Å². The molecular weight excluding hydrogens is 408 g/mol. The number of hydrogen-bond donors (Lipinski definition) is 1. The van der Waals surface area contributed by atoms with Gasteiger partial charge in [-0.25, -0.2) is 4.39 Å². The molecule has 2 aromatic rings. The van der Waals surface area contributed by atoms with Crippen LogP contribution in [0.25, 0.3) is 0 Å². The monoisotopic (exact) mass is 429 g/mol. The lowest BCUT2D eigenvalue weighted by atomic mass is 10.1. The van der Waals surface area contributed by atoms with Crippen molar-refractivity contribution < 1.29 is 23.7 Å². The van der Waals surface area contributed by atoms with E-state index in [0.717, 1.165) is 0 Å². The number of β-amino-alcohol motifs (C(OH)–C–C–N with tert-alkyl or cyclic N) is 1. The molecule has 1 heterocycles. The van der Waals surface area contributed by atoms with Crippen LogP contribution in [-0.4, -0.2) is 56.1 Å². The van der Waals surface area contributed by atoms with Gasteiger partial charge < -0.3 is 19.3 Å². The molecule has 0 aromatic heterocycles. The highest BCUT2D eigenvalue weighted by atomic mass is 35.5. The lowest BCUT2D eigenvalue weighted by Gasteiger charge is -2.34. The van der Waals surface area contributed by atoms with Crippen molar-refractivity contribution >= 4 is 23.2 Å². The van der Waals surface area contributed by atoms with Crippen LogP contribution < -0.4 is 9.47 Å². The lowest BCUT2D eigenvalue weighted by molar-refractivity contribution is -0.0460. The molecule has 152 valence electrons. The van der Waals surface area contributed by atoms with E-state index in [0.29, 0.717) is 48.3 Å². The van der Waals surface area contributed by atoms with Crippen LogP contribution in [-0.2, 0) is 4.74 Å². The van der Waals surface area contributed by atoms with E-state index in [9.17, 15) is 9.50 Å². The maximum atomic E-state index is 13.8. The fraction of sp³-hybridized carbons (Fsp3) is 0.400. The summed E-state index contributed by atoms with van der Waals surface area (Å²) in [5.74, 6) is 0.783. The summed E-state index contributed by atoms with van der Waals surface area (Å²) >= 11 is 12.0. The second-order valence-electron chi connectivity index (χ2n) is 6.55. The number of aliphatic hydroxyl groups excluding tert-OH is 1. The molecule has 3 rings (SSSR count). The van der Waals surface area contributed by atoms with Gasteiger partial charge in [0.25, 0.3) is 0 Å². The van der Waals surface area contributed by atoms with E-state index in [1.165, 1.54) is 12.1 Å². The minimum atomic E-state index is -0.692. The molecule has 28 heavy (non-hydrogen) atoms. The molecule has 1 fully saturated rings. The summed E-state index contributed by atoms with van der Waals surface area (Å²) < 4.78 is 30.3. The molecule has 0 spiro atoms. The summed E-state index contributed by atoms with van der Waals surface area (Å²) in [6, 6.07) is 9.89. The third-order valence-electron chi connectivity index (χ3n) is 4.49. The Balaban J connectivity index is 1.55. The molecule has 2 unspecified atom stereocenters. The molecule has 0 saturated carbocycles. The fourth-order valence-electron chi connectivity index (χ4n) is 3.08. The second kappa shape index (κ2) is 9.76. The topological polar surface area (TPSA) is 51.2 Å². The van der Waals surface area contributed by atoms with Gasteiger partial charge in [0.05, 0.1) is 24.8 Å². The highest BCUT2D eigenvalue weighted by Gasteiger charge is 2.26. The first kappa shape index (κ1) is 21.1. The van der Waals surface area contributed by atoms with Gasteiger partial charge in [0, 0.05) is 36.3 Å². The molecule has 1 N–H and O–H groups in total. The van der Waals surface area contributed by atoms with Gasteiger partial charge in [-0.1, -0.05) is 29.3 Å². The van der Waals surface area contributed by atoms with E-state index in [1.807, 2.05) is 17.0 Å². The SMILES string of the molecule is COc1cccc(OCC(O)CN2CCOC(c3cc(F)c(Cl)cc3Cl)C2)c1. The fourth-order valence-corrected chi connectivity index (χ4v) is 3.58. The van der Waals surface area contributed by atoms with Crippen LogP contribution in [0.2, 0.25) is 10.0 Å². The minimum absolute atomic E-state index is 0.0217. The van der Waals surface area contributed by atoms with Crippen LogP contribution in [0.1, 0.15) is 11.7 Å². The average molecular weight is 430 g/mol. The first-order valence-corrected chi connectivity index (χ1v) is 9.65. The molecule has 0 bridgehead atoms. The largest absolute Gasteiger partial charge is 0.497 e. The van der Waals surface area contributed by atoms with Crippen LogP contribution in [0.5, 0.6) is 11.5 Å². The van der Waals surface area contributed by atoms with Gasteiger partial charge in [-0.2, -0.15) is 0 Å². The molecule has 2 aromatic carbocycles. The number of ether oxygens (including phenoxy) is 3. The number of aliphatic hydroxyl groups is 1. The quantitative estimate of drug-likeness (QED) is 0.675. The van der Waals surface area contributed by atoms with Crippen molar-refractivity contribution in [2.45, 2.75) is 12.2 Å². The molecule has 1 saturated heterocycles. The summed E-state index contributed by atoms with van der Waals surface area (Å²) in [5.41, 5.74) is 0.551.